The molecule has 0 saturated carbocycles. The largest absolute Gasteiger partial charge is 0.394 e. The Kier molecular flexibility index (Phi) is 17.7. The summed E-state index contributed by atoms with van der Waals surface area (Å²) in [7, 11) is 0.163. The van der Waals surface area contributed by atoms with E-state index in [4.69, 9.17) is 17.5 Å². The molecule has 0 rings (SSSR count). The maximum absolute atomic E-state index is 8.74. The average Bonchev–Trinajstić information content (AvgIpc) is 2.44. The number of rotatable bonds is 14. The summed E-state index contributed by atoms with van der Waals surface area (Å²) in [5.74, 6) is 0. The summed E-state index contributed by atoms with van der Waals surface area (Å²) >= 11 is 0. The van der Waals surface area contributed by atoms with Crippen LogP contribution in [0.25, 0.3) is 0 Å². The van der Waals surface area contributed by atoms with E-state index in [9.17, 15) is 0 Å². The maximum Gasteiger partial charge on any atom is 0.394 e. The van der Waals surface area contributed by atoms with Crippen molar-refractivity contribution in [2.45, 2.75) is 90.9 Å². The Morgan fingerprint density at radius 2 is 0.875 bits per heavy atom. The van der Waals surface area contributed by atoms with Crippen LogP contribution in [0.3, 0.4) is 0 Å². The normalized spacial score (nSPS) is 11.9. The summed E-state index contributed by atoms with van der Waals surface area (Å²) in [6.45, 7) is 7.34. The van der Waals surface area contributed by atoms with Gasteiger partial charge < -0.3 is 4.48 Å². The van der Waals surface area contributed by atoms with Gasteiger partial charge in [-0.05, 0) is 25.7 Å². The molecule has 0 fully saturated rings. The molecule has 0 radical (unpaired) electrons. The van der Waals surface area contributed by atoms with E-state index >= 15 is 0 Å². The second-order valence-corrected chi connectivity index (χ2v) is 8.26. The molecule has 0 aromatic rings. The van der Waals surface area contributed by atoms with Gasteiger partial charge in [0.2, 0.25) is 0 Å². The van der Waals surface area contributed by atoms with Gasteiger partial charge >= 0.3 is 10.4 Å². The van der Waals surface area contributed by atoms with Crippen LogP contribution in [0, 0.1) is 0 Å². The first-order valence-corrected chi connectivity index (χ1v) is 11.0. The molecule has 2 N–H and O–H groups in total. The number of hydrogen-bond acceptors (Lipinski definition) is 2. The van der Waals surface area contributed by atoms with Crippen LogP contribution >= 0.6 is 0 Å². The molecular weight excluding hydrogens is 326 g/mol. The lowest BCUT2D eigenvalue weighted by Gasteiger charge is -2.30. The van der Waals surface area contributed by atoms with Gasteiger partial charge in [0.15, 0.2) is 0 Å². The highest BCUT2D eigenvalue weighted by Crippen LogP contribution is 2.11. The number of hydrogen-bond donors (Lipinski definition) is 2. The fraction of sp³-hybridized carbons (Fsp3) is 1.00. The van der Waals surface area contributed by atoms with Crippen LogP contribution in [0.2, 0.25) is 0 Å². The highest BCUT2D eigenvalue weighted by Gasteiger charge is 2.13. The van der Waals surface area contributed by atoms with E-state index < -0.39 is 10.4 Å². The second kappa shape index (κ2) is 16.3. The quantitative estimate of drug-likeness (QED) is 0.253. The van der Waals surface area contributed by atoms with E-state index in [-0.39, 0.29) is 0 Å². The van der Waals surface area contributed by atoms with Crippen LogP contribution in [0.4, 0.5) is 0 Å². The topological polar surface area (TPSA) is 74.6 Å². The summed E-state index contributed by atoms with van der Waals surface area (Å²) in [5.41, 5.74) is 0. The molecule has 0 heterocycles. The fourth-order valence-electron chi connectivity index (χ4n) is 2.75. The summed E-state index contributed by atoms with van der Waals surface area (Å²) < 4.78 is 32.8. The first-order chi connectivity index (χ1) is 11.1. The second-order valence-electron chi connectivity index (χ2n) is 7.37. The molecule has 0 unspecified atom stereocenters. The Morgan fingerprint density at radius 3 is 1.17 bits per heavy atom. The Labute approximate surface area is 151 Å². The molecule has 0 aliphatic carbocycles. The van der Waals surface area contributed by atoms with Crippen molar-refractivity contribution >= 4 is 10.4 Å². The molecule has 6 heteroatoms. The molecule has 0 aromatic heterocycles. The van der Waals surface area contributed by atoms with Gasteiger partial charge in [0.05, 0.1) is 27.2 Å². The lowest BCUT2D eigenvalue weighted by Crippen LogP contribution is -2.41. The lowest BCUT2D eigenvalue weighted by molar-refractivity contribution is -0.890. The van der Waals surface area contributed by atoms with E-state index in [1.165, 1.54) is 94.6 Å². The zero-order valence-electron chi connectivity index (χ0n) is 16.5. The van der Waals surface area contributed by atoms with Gasteiger partial charge in [0.25, 0.3) is 0 Å². The molecule has 0 bridgehead atoms. The van der Waals surface area contributed by atoms with Crippen molar-refractivity contribution in [3.8, 4) is 0 Å². The van der Waals surface area contributed by atoms with E-state index in [1.54, 1.807) is 0 Å². The molecule has 0 spiro atoms. The van der Waals surface area contributed by atoms with Gasteiger partial charge in [-0.25, -0.2) is 0 Å². The van der Waals surface area contributed by atoms with Gasteiger partial charge in [-0.15, -0.1) is 0 Å². The Balaban J connectivity index is 0. The minimum atomic E-state index is -4.67. The van der Waals surface area contributed by atoms with Crippen molar-refractivity contribution in [1.82, 2.24) is 0 Å². The SMILES string of the molecule is CCCCCCCC[N+](C)(C)CCCCCCCC.O=S(=O)(O)O. The molecule has 5 nitrogen and oxygen atoms in total. The van der Waals surface area contributed by atoms with Gasteiger partial charge in [-0.2, -0.15) is 8.42 Å². The Bertz CT molecular complexity index is 330. The predicted octanol–water partition coefficient (Wildman–Crippen LogP) is 5.13. The fourth-order valence-corrected chi connectivity index (χ4v) is 2.75. The third kappa shape index (κ3) is 29.8. The number of unbranched alkanes of at least 4 members (excludes halogenated alkanes) is 10. The van der Waals surface area contributed by atoms with Crippen molar-refractivity contribution in [3.63, 3.8) is 0 Å². The van der Waals surface area contributed by atoms with Crippen LogP contribution in [-0.4, -0.2) is 49.2 Å². The van der Waals surface area contributed by atoms with Gasteiger partial charge in [-0.3, -0.25) is 9.11 Å². The molecule has 24 heavy (non-hydrogen) atoms. The minimum absolute atomic E-state index is 1.24. The van der Waals surface area contributed by atoms with Crippen molar-refractivity contribution in [2.24, 2.45) is 0 Å². The van der Waals surface area contributed by atoms with Crippen LogP contribution in [0.1, 0.15) is 90.9 Å². The van der Waals surface area contributed by atoms with Crippen LogP contribution in [0.5, 0.6) is 0 Å². The monoisotopic (exact) mass is 368 g/mol. The third-order valence-corrected chi connectivity index (χ3v) is 4.23. The minimum Gasteiger partial charge on any atom is -0.328 e. The molecule has 0 aliphatic rings. The zero-order valence-corrected chi connectivity index (χ0v) is 17.3. The first kappa shape index (κ1) is 26.1. The molecule has 0 aromatic carbocycles. The van der Waals surface area contributed by atoms with Crippen LogP contribution in [0.15, 0.2) is 0 Å². The lowest BCUT2D eigenvalue weighted by atomic mass is 10.1. The van der Waals surface area contributed by atoms with Gasteiger partial charge in [0.1, 0.15) is 0 Å². The predicted molar refractivity (Wildman–Crippen MR) is 103 cm³/mol. The highest BCUT2D eigenvalue weighted by molar-refractivity contribution is 7.79. The van der Waals surface area contributed by atoms with E-state index in [1.807, 2.05) is 0 Å². The molecule has 0 saturated heterocycles. The van der Waals surface area contributed by atoms with Crippen molar-refractivity contribution < 1.29 is 22.0 Å². The number of nitrogens with zero attached hydrogens (tertiary/aromatic N) is 1. The first-order valence-electron chi connectivity index (χ1n) is 9.64. The molecule has 0 amide bonds. The van der Waals surface area contributed by atoms with Gasteiger partial charge in [0, 0.05) is 0 Å². The van der Waals surface area contributed by atoms with Crippen molar-refractivity contribution in [3.05, 3.63) is 0 Å². The zero-order chi connectivity index (χ0) is 18.9. The van der Waals surface area contributed by atoms with Crippen LogP contribution in [-0.2, 0) is 10.4 Å². The third-order valence-electron chi connectivity index (χ3n) is 4.23. The summed E-state index contributed by atoms with van der Waals surface area (Å²) in [6.07, 6.45) is 17.1. The molecule has 0 aliphatic heterocycles. The number of quaternary nitrogens is 1. The van der Waals surface area contributed by atoms with Crippen molar-refractivity contribution in [1.29, 1.82) is 0 Å². The average molecular weight is 369 g/mol. The molecule has 148 valence electrons. The maximum atomic E-state index is 8.74. The summed E-state index contributed by atoms with van der Waals surface area (Å²) in [4.78, 5) is 0. The molecular formula is C18H42NO4S+. The van der Waals surface area contributed by atoms with E-state index in [2.05, 4.69) is 27.9 Å². The van der Waals surface area contributed by atoms with E-state index in [0.717, 1.165) is 0 Å². The van der Waals surface area contributed by atoms with Crippen molar-refractivity contribution in [2.75, 3.05) is 27.2 Å². The summed E-state index contributed by atoms with van der Waals surface area (Å²) in [5, 5.41) is 0. The van der Waals surface area contributed by atoms with E-state index in [0.29, 0.717) is 0 Å². The Morgan fingerprint density at radius 1 is 0.625 bits per heavy atom. The highest BCUT2D eigenvalue weighted by atomic mass is 32.3. The molecule has 0 atom stereocenters. The van der Waals surface area contributed by atoms with Gasteiger partial charge in [-0.1, -0.05) is 65.2 Å². The Hall–Kier alpha value is -0.170. The smallest absolute Gasteiger partial charge is 0.328 e. The summed E-state index contributed by atoms with van der Waals surface area (Å²) in [6, 6.07) is 0. The standard InChI is InChI=1S/C18H40N.H2O4S/c1-5-7-9-11-13-15-17-19(3,4)18-16-14-12-10-8-6-2;1-5(2,3)4/h5-18H2,1-4H3;(H2,1,2,3,4)/q+1;. The van der Waals surface area contributed by atoms with Crippen LogP contribution < -0.4 is 0 Å².